The first-order valence-electron chi connectivity index (χ1n) is 0.383. The van der Waals surface area contributed by atoms with Crippen LogP contribution >= 0.6 is 22.3 Å². The molecular formula is H2ClNO2P. The second-order valence-corrected chi connectivity index (χ2v) is 0.0816. The number of rotatable bonds is 0. The van der Waals surface area contributed by atoms with E-state index in [9.17, 15) is 0 Å². The Labute approximate surface area is 38.7 Å². The summed E-state index contributed by atoms with van der Waals surface area (Å²) in [6.07, 6.45) is 0. The molecule has 3 nitrogen and oxygen atoms in total. The molecule has 3 radical (unpaired) electrons. The van der Waals surface area contributed by atoms with Gasteiger partial charge >= 0.3 is 0 Å². The van der Waals surface area contributed by atoms with Crippen LogP contribution in [0.1, 0.15) is 0 Å². The molecule has 0 aliphatic carbocycles. The molecule has 0 atom stereocenters. The van der Waals surface area contributed by atoms with Crippen molar-refractivity contribution in [2.24, 2.45) is 5.34 Å². The first-order chi connectivity index (χ1) is 1.41. The van der Waals surface area contributed by atoms with Gasteiger partial charge in [0.1, 0.15) is 0 Å². The molecule has 0 aromatic heterocycles. The third-order valence-electron chi connectivity index (χ3n) is 0. The van der Waals surface area contributed by atoms with E-state index >= 15 is 0 Å². The highest BCUT2D eigenvalue weighted by Crippen LogP contribution is 1.25. The Morgan fingerprint density at radius 1 is 1.60 bits per heavy atom. The zero-order chi connectivity index (χ0) is 2.71. The maximum absolute atomic E-state index is 8.11. The van der Waals surface area contributed by atoms with Crippen molar-refractivity contribution in [3.63, 3.8) is 0 Å². The van der Waals surface area contributed by atoms with Gasteiger partial charge in [-0.15, -0.1) is 17.3 Å². The van der Waals surface area contributed by atoms with Crippen LogP contribution in [0.25, 0.3) is 0 Å². The standard InChI is InChI=1S/ClH.HNO2.P/c;2-1-3;/h1H;(H,2,3);. The van der Waals surface area contributed by atoms with Crippen molar-refractivity contribution >= 4 is 22.3 Å². The van der Waals surface area contributed by atoms with Crippen molar-refractivity contribution in [1.82, 2.24) is 0 Å². The summed E-state index contributed by atoms with van der Waals surface area (Å²) in [5.41, 5.74) is 0. The Kier molecular flexibility index (Phi) is 124. The van der Waals surface area contributed by atoms with E-state index < -0.39 is 0 Å². The molecule has 0 rings (SSSR count). The van der Waals surface area contributed by atoms with Gasteiger partial charge in [-0.2, -0.15) is 0 Å². The topological polar surface area (TPSA) is 49.7 Å². The van der Waals surface area contributed by atoms with E-state index in [2.05, 4.69) is 0 Å². The van der Waals surface area contributed by atoms with Crippen LogP contribution in [0.15, 0.2) is 5.34 Å². The largest absolute Gasteiger partial charge is 0.379 e. The molecule has 5 heteroatoms. The van der Waals surface area contributed by atoms with E-state index in [1.807, 2.05) is 0 Å². The maximum Gasteiger partial charge on any atom is 0.152 e. The molecule has 0 amide bonds. The summed E-state index contributed by atoms with van der Waals surface area (Å²) in [6.45, 7) is 0. The van der Waals surface area contributed by atoms with Crippen LogP contribution in [-0.4, -0.2) is 5.21 Å². The summed E-state index contributed by atoms with van der Waals surface area (Å²) in [7, 11) is 0. The van der Waals surface area contributed by atoms with Crippen LogP contribution in [-0.2, 0) is 0 Å². The zero-order valence-corrected chi connectivity index (χ0v) is 3.87. The second-order valence-electron chi connectivity index (χ2n) is 0.0816. The monoisotopic (exact) mass is 114 g/mol. The fourth-order valence-electron chi connectivity index (χ4n) is 0. The van der Waals surface area contributed by atoms with Crippen LogP contribution in [0.3, 0.4) is 0 Å². The molecule has 31 valence electrons. The molecule has 0 saturated carbocycles. The molecule has 0 fully saturated rings. The fourth-order valence-corrected chi connectivity index (χ4v) is 0. The van der Waals surface area contributed by atoms with E-state index in [0.29, 0.717) is 0 Å². The van der Waals surface area contributed by atoms with Gasteiger partial charge in [-0.3, -0.25) is 0 Å². The first kappa shape index (κ1) is 19.3. The Hall–Kier alpha value is 0.120. The van der Waals surface area contributed by atoms with Crippen LogP contribution < -0.4 is 0 Å². The highest BCUT2D eigenvalue weighted by Gasteiger charge is 1.18. The lowest BCUT2D eigenvalue weighted by Gasteiger charge is -1.32. The minimum atomic E-state index is 0. The van der Waals surface area contributed by atoms with Crippen LogP contribution in [0.2, 0.25) is 0 Å². The molecule has 0 heterocycles. The molecule has 0 spiro atoms. The molecule has 0 aliphatic rings. The number of hydrogen-bond acceptors (Lipinski definition) is 2. The maximum atomic E-state index is 8.11. The van der Waals surface area contributed by atoms with Gasteiger partial charge < -0.3 is 5.21 Å². The van der Waals surface area contributed by atoms with Crippen molar-refractivity contribution in [1.29, 1.82) is 0 Å². The number of halogens is 1. The summed E-state index contributed by atoms with van der Waals surface area (Å²) < 4.78 is 0. The van der Waals surface area contributed by atoms with Gasteiger partial charge in [0.05, 0.1) is 0 Å². The van der Waals surface area contributed by atoms with Crippen molar-refractivity contribution < 1.29 is 5.21 Å². The number of nitrogens with zero attached hydrogens (tertiary/aromatic N) is 1. The Morgan fingerprint density at radius 2 is 1.60 bits per heavy atom. The molecule has 0 aromatic rings. The summed E-state index contributed by atoms with van der Waals surface area (Å²) in [5.74, 6) is 0. The van der Waals surface area contributed by atoms with Gasteiger partial charge in [0.2, 0.25) is 0 Å². The molecular weight excluding hydrogens is 112 g/mol. The van der Waals surface area contributed by atoms with Gasteiger partial charge in [0, 0.05) is 9.90 Å². The van der Waals surface area contributed by atoms with E-state index in [1.165, 1.54) is 5.34 Å². The van der Waals surface area contributed by atoms with Crippen LogP contribution in [0.5, 0.6) is 0 Å². The molecule has 1 N–H and O–H groups in total. The fraction of sp³-hybridized carbons (Fsp3) is 0. The average molecular weight is 114 g/mol. The highest BCUT2D eigenvalue weighted by atomic mass is 35.5. The Balaban J connectivity index is -0.0000000200. The van der Waals surface area contributed by atoms with Gasteiger partial charge in [-0.1, -0.05) is 0 Å². The molecule has 0 aromatic carbocycles. The normalized spacial score (nSPS) is 2.40. The third-order valence-corrected chi connectivity index (χ3v) is 0. The van der Waals surface area contributed by atoms with Gasteiger partial charge in [0.15, 0.2) is 5.34 Å². The molecule has 0 bridgehead atoms. The quantitative estimate of drug-likeness (QED) is 0.294. The lowest BCUT2D eigenvalue weighted by atomic mass is 13.4. The summed E-state index contributed by atoms with van der Waals surface area (Å²) in [5, 5.41) is 7.89. The summed E-state index contributed by atoms with van der Waals surface area (Å²) in [6, 6.07) is 0. The predicted molar refractivity (Wildman–Crippen MR) is 21.7 cm³/mol. The minimum Gasteiger partial charge on any atom is -0.379 e. The molecule has 0 saturated heterocycles. The highest BCUT2D eigenvalue weighted by molar-refractivity contribution is 6.92. The average Bonchev–Trinajstić information content (AvgIpc) is 0.918. The van der Waals surface area contributed by atoms with Crippen LogP contribution in [0.4, 0.5) is 0 Å². The van der Waals surface area contributed by atoms with Crippen LogP contribution in [0, 0.1) is 4.91 Å². The summed E-state index contributed by atoms with van der Waals surface area (Å²) >= 11 is 0. The summed E-state index contributed by atoms with van der Waals surface area (Å²) in [4.78, 5) is 8.11. The lowest BCUT2D eigenvalue weighted by Crippen LogP contribution is -1.25. The van der Waals surface area contributed by atoms with Crippen molar-refractivity contribution in [2.45, 2.75) is 0 Å². The van der Waals surface area contributed by atoms with Crippen molar-refractivity contribution in [3.05, 3.63) is 4.91 Å². The van der Waals surface area contributed by atoms with Crippen molar-refractivity contribution in [3.8, 4) is 0 Å². The van der Waals surface area contributed by atoms with E-state index in [0.717, 1.165) is 0 Å². The smallest absolute Gasteiger partial charge is 0.152 e. The van der Waals surface area contributed by atoms with E-state index in [1.54, 1.807) is 0 Å². The SMILES string of the molecule is Cl.O=NO.[P]. The third kappa shape index (κ3) is 1290. The minimum absolute atomic E-state index is 0. The van der Waals surface area contributed by atoms with E-state index in [4.69, 9.17) is 10.1 Å². The predicted octanol–water partition coefficient (Wildman–Crippen LogP) is 1.42. The Morgan fingerprint density at radius 3 is 1.60 bits per heavy atom. The Bertz CT molecular complexity index is 17.1. The molecule has 5 heavy (non-hydrogen) atoms. The lowest BCUT2D eigenvalue weighted by molar-refractivity contribution is 0.312. The van der Waals surface area contributed by atoms with Gasteiger partial charge in [-0.25, -0.2) is 0 Å². The van der Waals surface area contributed by atoms with Gasteiger partial charge in [0.25, 0.3) is 0 Å². The van der Waals surface area contributed by atoms with E-state index in [-0.39, 0.29) is 22.3 Å². The molecule has 0 unspecified atom stereocenters. The zero-order valence-electron chi connectivity index (χ0n) is 2.16. The van der Waals surface area contributed by atoms with Crippen molar-refractivity contribution in [2.75, 3.05) is 0 Å². The number of hydrogen-bond donors (Lipinski definition) is 1. The first-order valence-corrected chi connectivity index (χ1v) is 0.383. The van der Waals surface area contributed by atoms with Gasteiger partial charge in [-0.05, 0) is 0 Å². The molecule has 0 aliphatic heterocycles. The second kappa shape index (κ2) is 32.0.